The molecule has 2 saturated heterocycles. The maximum atomic E-state index is 6.98. The normalized spacial score (nSPS) is 30.6. The van der Waals surface area contributed by atoms with Crippen LogP contribution in [0.25, 0.3) is 0 Å². The van der Waals surface area contributed by atoms with Crippen LogP contribution in [0.2, 0.25) is 0 Å². The fourth-order valence-electron chi connectivity index (χ4n) is 4.96. The molecule has 3 aliphatic heterocycles. The Kier molecular flexibility index (Phi) is 4.95. The summed E-state index contributed by atoms with van der Waals surface area (Å²) in [5.74, 6) is 1.87. The van der Waals surface area contributed by atoms with Crippen molar-refractivity contribution in [3.05, 3.63) is 23.3 Å². The summed E-state index contributed by atoms with van der Waals surface area (Å²) in [5, 5.41) is 7.39. The zero-order chi connectivity index (χ0) is 20.2. The molecule has 0 aliphatic carbocycles. The summed E-state index contributed by atoms with van der Waals surface area (Å²) in [7, 11) is 0. The Labute approximate surface area is 170 Å². The molecule has 28 heavy (non-hydrogen) atoms. The van der Waals surface area contributed by atoms with Gasteiger partial charge in [0.25, 0.3) is 0 Å². The van der Waals surface area contributed by atoms with Crippen LogP contribution in [0.1, 0.15) is 84.8 Å². The number of benzene rings is 1. The van der Waals surface area contributed by atoms with Crippen LogP contribution in [0.15, 0.2) is 12.1 Å². The highest BCUT2D eigenvalue weighted by Gasteiger charge is 2.54. The van der Waals surface area contributed by atoms with Crippen LogP contribution in [0.3, 0.4) is 0 Å². The molecule has 156 valence electrons. The second-order valence-electron chi connectivity index (χ2n) is 11.0. The van der Waals surface area contributed by atoms with Crippen LogP contribution in [0.4, 0.5) is 0 Å². The molecule has 1 aromatic rings. The predicted octanol–water partition coefficient (Wildman–Crippen LogP) is 4.64. The summed E-state index contributed by atoms with van der Waals surface area (Å²) in [5.41, 5.74) is 2.29. The number of piperidine rings is 2. The van der Waals surface area contributed by atoms with E-state index in [1.807, 2.05) is 0 Å². The van der Waals surface area contributed by atoms with Gasteiger partial charge in [-0.3, -0.25) is 5.32 Å². The zero-order valence-corrected chi connectivity index (χ0v) is 18.6. The van der Waals surface area contributed by atoms with Crippen LogP contribution in [-0.2, 0) is 10.8 Å². The average molecular weight is 387 g/mol. The second kappa shape index (κ2) is 6.91. The highest BCUT2D eigenvalue weighted by atomic mass is 16.6. The summed E-state index contributed by atoms with van der Waals surface area (Å²) in [6.07, 6.45) is 5.74. The van der Waals surface area contributed by atoms with Crippen LogP contribution in [0, 0.1) is 0 Å². The van der Waals surface area contributed by atoms with Gasteiger partial charge in [-0.15, -0.1) is 0 Å². The Morgan fingerprint density at radius 2 is 1.68 bits per heavy atom. The number of ether oxygens (including phenoxy) is 2. The van der Waals surface area contributed by atoms with E-state index in [0.29, 0.717) is 6.04 Å². The fourth-order valence-corrected chi connectivity index (χ4v) is 4.96. The Morgan fingerprint density at radius 3 is 2.32 bits per heavy atom. The van der Waals surface area contributed by atoms with E-state index in [-0.39, 0.29) is 22.7 Å². The van der Waals surface area contributed by atoms with E-state index in [9.17, 15) is 0 Å². The molecule has 3 aliphatic rings. The van der Waals surface area contributed by atoms with Crippen LogP contribution < -0.4 is 20.1 Å². The van der Waals surface area contributed by atoms with Crippen molar-refractivity contribution in [2.45, 2.75) is 102 Å². The van der Waals surface area contributed by atoms with Crippen molar-refractivity contribution in [1.82, 2.24) is 10.6 Å². The number of hydrogen-bond acceptors (Lipinski definition) is 4. The third-order valence-electron chi connectivity index (χ3n) is 6.68. The van der Waals surface area contributed by atoms with Crippen LogP contribution in [-0.4, -0.2) is 31.0 Å². The quantitative estimate of drug-likeness (QED) is 0.738. The largest absolute Gasteiger partial charge is 0.476 e. The lowest BCUT2D eigenvalue weighted by Crippen LogP contribution is -2.71. The molecule has 0 spiro atoms. The maximum Gasteiger partial charge on any atom is 0.191 e. The summed E-state index contributed by atoms with van der Waals surface area (Å²) < 4.78 is 13.7. The third-order valence-corrected chi connectivity index (χ3v) is 6.68. The maximum absolute atomic E-state index is 6.98. The second-order valence-corrected chi connectivity index (χ2v) is 11.0. The van der Waals surface area contributed by atoms with Gasteiger partial charge in [-0.1, -0.05) is 54.0 Å². The SMILES string of the molecule is CC(C)(C)c1cc2c(c(C(C)(C)C)c1)O[C@@H]1NCCC[C@]1(C1CCCCN1)O2. The number of fused-ring (bicyclic) bond motifs is 2. The Morgan fingerprint density at radius 1 is 0.929 bits per heavy atom. The van der Waals surface area contributed by atoms with Gasteiger partial charge in [0.2, 0.25) is 0 Å². The van der Waals surface area contributed by atoms with Crippen molar-refractivity contribution in [2.75, 3.05) is 13.1 Å². The molecule has 1 unspecified atom stereocenters. The van der Waals surface area contributed by atoms with E-state index < -0.39 is 0 Å². The van der Waals surface area contributed by atoms with Gasteiger partial charge in [0.05, 0.1) is 6.04 Å². The first-order chi connectivity index (χ1) is 13.1. The number of rotatable bonds is 1. The minimum absolute atomic E-state index is 0.00748. The fraction of sp³-hybridized carbons (Fsp3) is 0.750. The predicted molar refractivity (Wildman–Crippen MR) is 114 cm³/mol. The summed E-state index contributed by atoms with van der Waals surface area (Å²) in [6.45, 7) is 15.7. The van der Waals surface area contributed by atoms with E-state index >= 15 is 0 Å². The molecule has 2 N–H and O–H groups in total. The van der Waals surface area contributed by atoms with Crippen LogP contribution in [0.5, 0.6) is 11.5 Å². The van der Waals surface area contributed by atoms with E-state index in [4.69, 9.17) is 9.47 Å². The highest BCUT2D eigenvalue weighted by Crippen LogP contribution is 2.49. The lowest BCUT2D eigenvalue weighted by atomic mass is 9.77. The van der Waals surface area contributed by atoms with Crippen molar-refractivity contribution in [3.8, 4) is 11.5 Å². The van der Waals surface area contributed by atoms with Crippen molar-refractivity contribution in [2.24, 2.45) is 0 Å². The van der Waals surface area contributed by atoms with Gasteiger partial charge in [-0.05, 0) is 61.2 Å². The lowest BCUT2D eigenvalue weighted by molar-refractivity contribution is -0.127. The molecule has 0 amide bonds. The molecule has 0 saturated carbocycles. The lowest BCUT2D eigenvalue weighted by Gasteiger charge is -2.52. The monoisotopic (exact) mass is 386 g/mol. The molecular formula is C24H38N2O2. The van der Waals surface area contributed by atoms with Gasteiger partial charge < -0.3 is 14.8 Å². The molecule has 3 heterocycles. The summed E-state index contributed by atoms with van der Waals surface area (Å²) in [4.78, 5) is 0. The molecular weight excluding hydrogens is 348 g/mol. The molecule has 0 bridgehead atoms. The van der Waals surface area contributed by atoms with Crippen molar-refractivity contribution < 1.29 is 9.47 Å². The van der Waals surface area contributed by atoms with Gasteiger partial charge >= 0.3 is 0 Å². The third kappa shape index (κ3) is 3.43. The molecule has 4 rings (SSSR count). The van der Waals surface area contributed by atoms with Gasteiger partial charge in [-0.25, -0.2) is 0 Å². The average Bonchev–Trinajstić information content (AvgIpc) is 2.64. The molecule has 3 atom stereocenters. The first-order valence-electron chi connectivity index (χ1n) is 11.1. The van der Waals surface area contributed by atoms with Gasteiger partial charge in [0, 0.05) is 5.56 Å². The first-order valence-corrected chi connectivity index (χ1v) is 11.1. The molecule has 4 nitrogen and oxygen atoms in total. The zero-order valence-electron chi connectivity index (χ0n) is 18.6. The minimum atomic E-state index is -0.322. The molecule has 2 fully saturated rings. The Bertz CT molecular complexity index is 725. The summed E-state index contributed by atoms with van der Waals surface area (Å²) >= 11 is 0. The molecule has 0 aromatic heterocycles. The van der Waals surface area contributed by atoms with E-state index in [0.717, 1.165) is 43.9 Å². The van der Waals surface area contributed by atoms with Gasteiger partial charge in [-0.2, -0.15) is 0 Å². The smallest absolute Gasteiger partial charge is 0.191 e. The van der Waals surface area contributed by atoms with E-state index in [1.54, 1.807) is 0 Å². The Hall–Kier alpha value is -1.26. The van der Waals surface area contributed by atoms with Gasteiger partial charge in [0.1, 0.15) is 0 Å². The first kappa shape index (κ1) is 20.0. The summed E-state index contributed by atoms with van der Waals surface area (Å²) in [6, 6.07) is 4.90. The number of hydrogen-bond donors (Lipinski definition) is 2. The number of nitrogens with one attached hydrogen (secondary N) is 2. The standard InChI is InChI=1S/C24H38N2O2/c1-22(2,3)16-14-17(23(4,5)6)20-18(15-16)28-24(19-10-7-8-12-25-19)11-9-13-26-21(24)27-20/h14-15,19,21,25-26H,7-13H2,1-6H3/t19?,21-,24+/m0/s1. The molecule has 0 radical (unpaired) electrons. The topological polar surface area (TPSA) is 42.5 Å². The van der Waals surface area contributed by atoms with Gasteiger partial charge in [0.15, 0.2) is 23.3 Å². The van der Waals surface area contributed by atoms with Crippen molar-refractivity contribution in [1.29, 1.82) is 0 Å². The van der Waals surface area contributed by atoms with Crippen LogP contribution >= 0.6 is 0 Å². The minimum Gasteiger partial charge on any atom is -0.476 e. The van der Waals surface area contributed by atoms with Crippen molar-refractivity contribution >= 4 is 0 Å². The molecule has 1 aromatic carbocycles. The van der Waals surface area contributed by atoms with E-state index in [2.05, 4.69) is 64.3 Å². The Balaban J connectivity index is 1.83. The molecule has 4 heteroatoms. The highest BCUT2D eigenvalue weighted by molar-refractivity contribution is 5.55. The van der Waals surface area contributed by atoms with E-state index in [1.165, 1.54) is 24.0 Å². The van der Waals surface area contributed by atoms with Crippen molar-refractivity contribution in [3.63, 3.8) is 0 Å².